The first-order chi connectivity index (χ1) is 10.9. The Hall–Kier alpha value is -1.92. The van der Waals surface area contributed by atoms with Gasteiger partial charge in [0.15, 0.2) is 0 Å². The second kappa shape index (κ2) is 5.94. The molecule has 1 fully saturated rings. The first-order valence-electron chi connectivity index (χ1n) is 7.68. The summed E-state index contributed by atoms with van der Waals surface area (Å²) in [6.45, 7) is 4.24. The van der Waals surface area contributed by atoms with Crippen molar-refractivity contribution in [1.29, 1.82) is 0 Å². The Labute approximate surface area is 136 Å². The van der Waals surface area contributed by atoms with E-state index < -0.39 is 10.0 Å². The third kappa shape index (κ3) is 2.96. The number of hydrogen-bond acceptors (Lipinski definition) is 3. The van der Waals surface area contributed by atoms with Crippen LogP contribution in [0, 0.1) is 13.8 Å². The predicted molar refractivity (Wildman–Crippen MR) is 88.8 cm³/mol. The van der Waals surface area contributed by atoms with Crippen LogP contribution >= 0.6 is 0 Å². The average molecular weight is 332 g/mol. The van der Waals surface area contributed by atoms with E-state index in [4.69, 9.17) is 0 Å². The van der Waals surface area contributed by atoms with Crippen LogP contribution in [0.3, 0.4) is 0 Å². The quantitative estimate of drug-likeness (QED) is 0.939. The highest BCUT2D eigenvalue weighted by molar-refractivity contribution is 7.89. The molecule has 0 radical (unpaired) electrons. The smallest absolute Gasteiger partial charge is 0.248 e. The number of nitrogens with zero attached hydrogens (tertiary/aromatic N) is 1. The Kier molecular flexibility index (Phi) is 4.12. The molecule has 6 heteroatoms. The van der Waals surface area contributed by atoms with E-state index in [1.807, 2.05) is 26.0 Å². The van der Waals surface area contributed by atoms with Crippen LogP contribution in [-0.4, -0.2) is 24.3 Å². The van der Waals surface area contributed by atoms with Crippen LogP contribution in [-0.2, 0) is 10.0 Å². The minimum atomic E-state index is -3.54. The molecule has 23 heavy (non-hydrogen) atoms. The summed E-state index contributed by atoms with van der Waals surface area (Å²) in [5.74, 6) is 0. The van der Waals surface area contributed by atoms with E-state index in [0.717, 1.165) is 29.7 Å². The van der Waals surface area contributed by atoms with Gasteiger partial charge in [0.1, 0.15) is 0 Å². The fourth-order valence-electron chi connectivity index (χ4n) is 3.13. The predicted octanol–water partition coefficient (Wildman–Crippen LogP) is 2.52. The van der Waals surface area contributed by atoms with Gasteiger partial charge >= 0.3 is 0 Å². The number of sulfonamides is 1. The number of pyridine rings is 1. The monoisotopic (exact) mass is 332 g/mol. The van der Waals surface area contributed by atoms with E-state index in [1.165, 1.54) is 6.07 Å². The molecule has 1 aromatic heterocycles. The Morgan fingerprint density at radius 2 is 1.78 bits per heavy atom. The molecule has 0 saturated carbocycles. The molecule has 0 aliphatic carbocycles. The number of nitrogens with one attached hydrogen (secondary N) is 1. The van der Waals surface area contributed by atoms with Crippen molar-refractivity contribution in [2.45, 2.75) is 37.6 Å². The highest BCUT2D eigenvalue weighted by atomic mass is 32.2. The van der Waals surface area contributed by atoms with Crippen molar-refractivity contribution in [1.82, 2.24) is 9.29 Å². The molecule has 2 aromatic rings. The largest absolute Gasteiger partial charge is 0.326 e. The van der Waals surface area contributed by atoms with Crippen molar-refractivity contribution in [2.75, 3.05) is 6.54 Å². The van der Waals surface area contributed by atoms with Gasteiger partial charge in [0.2, 0.25) is 15.6 Å². The highest BCUT2D eigenvalue weighted by Gasteiger charge is 2.36. The summed E-state index contributed by atoms with van der Waals surface area (Å²) in [5.41, 5.74) is 2.46. The van der Waals surface area contributed by atoms with Crippen molar-refractivity contribution in [3.8, 4) is 0 Å². The van der Waals surface area contributed by atoms with E-state index in [-0.39, 0.29) is 11.6 Å². The Bertz CT molecular complexity index is 869. The number of aromatic amines is 1. The van der Waals surface area contributed by atoms with Gasteiger partial charge in [0, 0.05) is 18.3 Å². The molecule has 1 aromatic carbocycles. The van der Waals surface area contributed by atoms with Crippen LogP contribution < -0.4 is 5.56 Å². The van der Waals surface area contributed by atoms with Crippen LogP contribution in [0.15, 0.2) is 46.1 Å². The first kappa shape index (κ1) is 16.0. The molecule has 0 spiro atoms. The lowest BCUT2D eigenvalue weighted by molar-refractivity contribution is 0.394. The molecule has 2 heterocycles. The van der Waals surface area contributed by atoms with Crippen LogP contribution in [0.1, 0.15) is 35.7 Å². The zero-order chi connectivity index (χ0) is 16.6. The molecule has 0 bridgehead atoms. The van der Waals surface area contributed by atoms with Crippen LogP contribution in [0.5, 0.6) is 0 Å². The van der Waals surface area contributed by atoms with E-state index >= 15 is 0 Å². The number of hydrogen-bond donors (Lipinski definition) is 1. The van der Waals surface area contributed by atoms with Gasteiger partial charge in [-0.25, -0.2) is 8.42 Å². The van der Waals surface area contributed by atoms with Crippen LogP contribution in [0.4, 0.5) is 0 Å². The lowest BCUT2D eigenvalue weighted by atomic mass is 10.0. The molecule has 0 amide bonds. The fourth-order valence-corrected chi connectivity index (χ4v) is 4.81. The number of aromatic nitrogens is 1. The average Bonchev–Trinajstić information content (AvgIpc) is 2.97. The summed E-state index contributed by atoms with van der Waals surface area (Å²) in [6, 6.07) is 9.89. The second-order valence-corrected chi connectivity index (χ2v) is 7.88. The molecular weight excluding hydrogens is 312 g/mol. The summed E-state index contributed by atoms with van der Waals surface area (Å²) in [7, 11) is -3.54. The zero-order valence-electron chi connectivity index (χ0n) is 13.2. The Balaban J connectivity index is 2.01. The lowest BCUT2D eigenvalue weighted by Crippen LogP contribution is -2.31. The summed E-state index contributed by atoms with van der Waals surface area (Å²) in [6.07, 6.45) is 1.58. The minimum absolute atomic E-state index is 0.169. The van der Waals surface area contributed by atoms with E-state index in [9.17, 15) is 13.2 Å². The molecule has 3 rings (SSSR count). The zero-order valence-corrected chi connectivity index (χ0v) is 14.1. The third-order valence-electron chi connectivity index (χ3n) is 4.35. The highest BCUT2D eigenvalue weighted by Crippen LogP contribution is 2.37. The molecule has 1 aliphatic rings. The molecular formula is C17H20N2O3S. The normalized spacial score (nSPS) is 19.1. The van der Waals surface area contributed by atoms with Gasteiger partial charge in [-0.05, 0) is 44.4 Å². The van der Waals surface area contributed by atoms with Crippen LogP contribution in [0.2, 0.25) is 0 Å². The topological polar surface area (TPSA) is 70.2 Å². The summed E-state index contributed by atoms with van der Waals surface area (Å²) in [5, 5.41) is 0. The molecule has 5 nitrogen and oxygen atoms in total. The molecule has 122 valence electrons. The van der Waals surface area contributed by atoms with E-state index in [2.05, 4.69) is 4.98 Å². The van der Waals surface area contributed by atoms with Gasteiger partial charge in [0.05, 0.1) is 10.9 Å². The summed E-state index contributed by atoms with van der Waals surface area (Å²) in [4.78, 5) is 14.5. The molecule has 1 saturated heterocycles. The standard InChI is InChI=1S/C17H20N2O3S/c1-12-5-7-14(8-6-12)23(21,22)19-11-3-4-16(19)15-9-10-17(20)18-13(15)2/h5-10,16H,3-4,11H2,1-2H3,(H,18,20)/t16-/m1/s1. The van der Waals surface area contributed by atoms with Gasteiger partial charge in [-0.1, -0.05) is 23.8 Å². The molecule has 1 aliphatic heterocycles. The van der Waals surface area contributed by atoms with Crippen molar-refractivity contribution < 1.29 is 8.42 Å². The van der Waals surface area contributed by atoms with Gasteiger partial charge < -0.3 is 4.98 Å². The van der Waals surface area contributed by atoms with Gasteiger partial charge in [-0.3, -0.25) is 4.79 Å². The molecule has 0 unspecified atom stereocenters. The third-order valence-corrected chi connectivity index (χ3v) is 6.27. The second-order valence-electron chi connectivity index (χ2n) is 5.99. The van der Waals surface area contributed by atoms with Crippen molar-refractivity contribution >= 4 is 10.0 Å². The lowest BCUT2D eigenvalue weighted by Gasteiger charge is -2.25. The summed E-state index contributed by atoms with van der Waals surface area (Å²) < 4.78 is 27.5. The molecule has 1 N–H and O–H groups in total. The van der Waals surface area contributed by atoms with Gasteiger partial charge in [-0.2, -0.15) is 4.31 Å². The van der Waals surface area contributed by atoms with Crippen molar-refractivity contribution in [3.05, 3.63) is 63.6 Å². The van der Waals surface area contributed by atoms with Gasteiger partial charge in [0.25, 0.3) is 0 Å². The number of rotatable bonds is 3. The number of H-pyrrole nitrogens is 1. The van der Waals surface area contributed by atoms with Crippen molar-refractivity contribution in [3.63, 3.8) is 0 Å². The summed E-state index contributed by atoms with van der Waals surface area (Å²) >= 11 is 0. The minimum Gasteiger partial charge on any atom is -0.326 e. The number of aryl methyl sites for hydroxylation is 2. The van der Waals surface area contributed by atoms with Gasteiger partial charge in [-0.15, -0.1) is 0 Å². The maximum absolute atomic E-state index is 13.0. The maximum atomic E-state index is 13.0. The Morgan fingerprint density at radius 3 is 2.43 bits per heavy atom. The van der Waals surface area contributed by atoms with E-state index in [0.29, 0.717) is 11.4 Å². The fraction of sp³-hybridized carbons (Fsp3) is 0.353. The van der Waals surface area contributed by atoms with Crippen molar-refractivity contribution in [2.24, 2.45) is 0 Å². The van der Waals surface area contributed by atoms with E-state index in [1.54, 1.807) is 22.5 Å². The number of benzene rings is 1. The molecule has 1 atom stereocenters. The SMILES string of the molecule is Cc1ccc(S(=O)(=O)N2CCC[C@@H]2c2ccc(=O)[nH]c2C)cc1. The maximum Gasteiger partial charge on any atom is 0.248 e. The van der Waals surface area contributed by atoms with Crippen LogP contribution in [0.25, 0.3) is 0 Å². The Morgan fingerprint density at radius 1 is 1.09 bits per heavy atom. The first-order valence-corrected chi connectivity index (χ1v) is 9.12.